The largest absolute Gasteiger partial charge is 0.385 e. The lowest BCUT2D eigenvalue weighted by molar-refractivity contribution is -0.0252. The first-order valence-electron chi connectivity index (χ1n) is 5.75. The zero-order valence-electron chi connectivity index (χ0n) is 10.0. The average Bonchev–Trinajstić information content (AvgIpc) is 2.68. The predicted octanol–water partition coefficient (Wildman–Crippen LogP) is 1.11. The summed E-state index contributed by atoms with van der Waals surface area (Å²) in [6, 6.07) is 3.37. The Kier molecular flexibility index (Phi) is 3.99. The van der Waals surface area contributed by atoms with E-state index in [0.717, 1.165) is 4.47 Å². The van der Waals surface area contributed by atoms with Crippen LogP contribution in [0.5, 0.6) is 0 Å². The first kappa shape index (κ1) is 13.5. The number of nitrogens with zero attached hydrogens (tertiary/aromatic N) is 1. The number of ether oxygens (including phenoxy) is 1. The van der Waals surface area contributed by atoms with Crippen LogP contribution in [0.4, 0.5) is 0 Å². The van der Waals surface area contributed by atoms with Crippen LogP contribution < -0.4 is 5.32 Å². The Morgan fingerprint density at radius 3 is 3.06 bits per heavy atom. The van der Waals surface area contributed by atoms with Crippen LogP contribution in [0.15, 0.2) is 22.8 Å². The average molecular weight is 315 g/mol. The van der Waals surface area contributed by atoms with Gasteiger partial charge in [0.15, 0.2) is 0 Å². The highest BCUT2D eigenvalue weighted by Crippen LogP contribution is 2.24. The number of pyridine rings is 1. The number of carbonyl (C=O) groups is 1. The van der Waals surface area contributed by atoms with Gasteiger partial charge in [0.2, 0.25) is 0 Å². The van der Waals surface area contributed by atoms with E-state index >= 15 is 0 Å². The van der Waals surface area contributed by atoms with E-state index in [1.165, 1.54) is 0 Å². The van der Waals surface area contributed by atoms with Gasteiger partial charge in [-0.3, -0.25) is 4.79 Å². The van der Waals surface area contributed by atoms with Gasteiger partial charge in [-0.25, -0.2) is 4.98 Å². The number of hydrogen-bond acceptors (Lipinski definition) is 4. The fourth-order valence-corrected chi connectivity index (χ4v) is 2.07. The summed E-state index contributed by atoms with van der Waals surface area (Å²) in [5, 5.41) is 12.9. The van der Waals surface area contributed by atoms with Crippen molar-refractivity contribution >= 4 is 21.8 Å². The summed E-state index contributed by atoms with van der Waals surface area (Å²) in [7, 11) is 0. The summed E-state index contributed by atoms with van der Waals surface area (Å²) in [4.78, 5) is 15.8. The molecule has 2 unspecified atom stereocenters. The van der Waals surface area contributed by atoms with Crippen LogP contribution in [0, 0.1) is 0 Å². The minimum absolute atomic E-state index is 0.171. The summed E-state index contributed by atoms with van der Waals surface area (Å²) in [5.41, 5.74) is -0.654. The highest BCUT2D eigenvalue weighted by Gasteiger charge is 2.39. The number of halogens is 1. The smallest absolute Gasteiger partial charge is 0.269 e. The first-order chi connectivity index (χ1) is 8.51. The van der Waals surface area contributed by atoms with Crippen LogP contribution in [-0.4, -0.2) is 40.9 Å². The summed E-state index contributed by atoms with van der Waals surface area (Å²) in [6.45, 7) is 2.49. The van der Waals surface area contributed by atoms with Crippen LogP contribution in [0.2, 0.25) is 0 Å². The van der Waals surface area contributed by atoms with Gasteiger partial charge in [-0.15, -0.1) is 0 Å². The zero-order chi connectivity index (χ0) is 13.2. The lowest BCUT2D eigenvalue weighted by Crippen LogP contribution is -2.47. The normalized spacial score (nSPS) is 27.2. The molecule has 0 bridgehead atoms. The summed E-state index contributed by atoms with van der Waals surface area (Å²) >= 11 is 3.25. The molecule has 98 valence electrons. The molecule has 0 aromatic carbocycles. The Labute approximate surface area is 114 Å². The second-order valence-electron chi connectivity index (χ2n) is 4.41. The van der Waals surface area contributed by atoms with E-state index in [-0.39, 0.29) is 18.6 Å². The van der Waals surface area contributed by atoms with Crippen molar-refractivity contribution in [1.82, 2.24) is 10.3 Å². The van der Waals surface area contributed by atoms with Crippen molar-refractivity contribution in [2.24, 2.45) is 0 Å². The van der Waals surface area contributed by atoms with Gasteiger partial charge in [-0.1, -0.05) is 0 Å². The van der Waals surface area contributed by atoms with Gasteiger partial charge in [0.1, 0.15) is 11.3 Å². The van der Waals surface area contributed by atoms with Gasteiger partial charge in [0, 0.05) is 30.2 Å². The van der Waals surface area contributed by atoms with E-state index in [0.29, 0.717) is 18.7 Å². The number of amides is 1. The molecular weight excluding hydrogens is 300 g/mol. The van der Waals surface area contributed by atoms with Crippen LogP contribution in [0.3, 0.4) is 0 Å². The molecule has 1 aromatic rings. The summed E-state index contributed by atoms with van der Waals surface area (Å²) in [5.74, 6) is -0.296. The van der Waals surface area contributed by atoms with Crippen LogP contribution >= 0.6 is 15.9 Å². The minimum atomic E-state index is -0.981. The fourth-order valence-electron chi connectivity index (χ4n) is 1.84. The maximum Gasteiger partial charge on any atom is 0.269 e. The molecule has 2 N–H and O–H groups in total. The highest BCUT2D eigenvalue weighted by atomic mass is 79.9. The van der Waals surface area contributed by atoms with E-state index in [9.17, 15) is 9.90 Å². The molecule has 1 aromatic heterocycles. The van der Waals surface area contributed by atoms with E-state index < -0.39 is 5.60 Å². The topological polar surface area (TPSA) is 71.5 Å². The third kappa shape index (κ3) is 2.88. The molecule has 0 spiro atoms. The van der Waals surface area contributed by atoms with Crippen molar-refractivity contribution < 1.29 is 14.6 Å². The van der Waals surface area contributed by atoms with Gasteiger partial charge in [0.25, 0.3) is 5.91 Å². The molecule has 2 atom stereocenters. The van der Waals surface area contributed by atoms with Crippen LogP contribution in [-0.2, 0) is 4.74 Å². The zero-order valence-corrected chi connectivity index (χ0v) is 11.6. The quantitative estimate of drug-likeness (QED) is 0.877. The van der Waals surface area contributed by atoms with Crippen LogP contribution in [0.1, 0.15) is 23.8 Å². The molecule has 1 amide bonds. The molecule has 0 aliphatic carbocycles. The first-order valence-corrected chi connectivity index (χ1v) is 6.54. The second kappa shape index (κ2) is 5.34. The van der Waals surface area contributed by atoms with Crippen molar-refractivity contribution in [2.45, 2.75) is 25.0 Å². The Hall–Kier alpha value is -0.980. The molecule has 6 heteroatoms. The second-order valence-corrected chi connectivity index (χ2v) is 5.33. The van der Waals surface area contributed by atoms with E-state index in [1.54, 1.807) is 25.3 Å². The Morgan fingerprint density at radius 2 is 2.50 bits per heavy atom. The number of aromatic nitrogens is 1. The molecule has 1 aliphatic rings. The van der Waals surface area contributed by atoms with Crippen LogP contribution in [0.25, 0.3) is 0 Å². The molecule has 0 saturated carbocycles. The maximum absolute atomic E-state index is 11.8. The Bertz CT molecular complexity index is 437. The van der Waals surface area contributed by atoms with Gasteiger partial charge in [-0.05, 0) is 35.0 Å². The lowest BCUT2D eigenvalue weighted by atomic mass is 9.97. The van der Waals surface area contributed by atoms with Gasteiger partial charge in [-0.2, -0.15) is 0 Å². The number of hydrogen-bond donors (Lipinski definition) is 2. The SMILES string of the molecule is CC1OCCC1(O)CNC(=O)c1ccc(Br)cn1. The minimum Gasteiger partial charge on any atom is -0.385 e. The number of aliphatic hydroxyl groups is 1. The lowest BCUT2D eigenvalue weighted by Gasteiger charge is -2.25. The van der Waals surface area contributed by atoms with Crippen molar-refractivity contribution in [1.29, 1.82) is 0 Å². The number of rotatable bonds is 3. The van der Waals surface area contributed by atoms with E-state index in [4.69, 9.17) is 4.74 Å². The molecule has 18 heavy (non-hydrogen) atoms. The molecule has 1 fully saturated rings. The summed E-state index contributed by atoms with van der Waals surface area (Å²) < 4.78 is 6.11. The molecule has 0 radical (unpaired) electrons. The van der Waals surface area contributed by atoms with Crippen molar-refractivity contribution in [3.05, 3.63) is 28.5 Å². The third-order valence-electron chi connectivity index (χ3n) is 3.17. The van der Waals surface area contributed by atoms with Crippen molar-refractivity contribution in [3.8, 4) is 0 Å². The Balaban J connectivity index is 1.94. The fraction of sp³-hybridized carbons (Fsp3) is 0.500. The van der Waals surface area contributed by atoms with Gasteiger partial charge < -0.3 is 15.2 Å². The van der Waals surface area contributed by atoms with Gasteiger partial charge >= 0.3 is 0 Å². The highest BCUT2D eigenvalue weighted by molar-refractivity contribution is 9.10. The van der Waals surface area contributed by atoms with E-state index in [1.807, 2.05) is 0 Å². The Morgan fingerprint density at radius 1 is 1.72 bits per heavy atom. The maximum atomic E-state index is 11.8. The third-order valence-corrected chi connectivity index (χ3v) is 3.64. The van der Waals surface area contributed by atoms with E-state index in [2.05, 4.69) is 26.2 Å². The number of carbonyl (C=O) groups excluding carboxylic acids is 1. The molecule has 2 rings (SSSR count). The standard InChI is InChI=1S/C12H15BrN2O3/c1-8-12(17,4-5-18-8)7-15-11(16)10-3-2-9(13)6-14-10/h2-3,6,8,17H,4-5,7H2,1H3,(H,15,16). The predicted molar refractivity (Wildman–Crippen MR) is 69.3 cm³/mol. The van der Waals surface area contributed by atoms with Crippen molar-refractivity contribution in [3.63, 3.8) is 0 Å². The molecule has 1 aliphatic heterocycles. The molecule has 2 heterocycles. The molecule has 5 nitrogen and oxygen atoms in total. The monoisotopic (exact) mass is 314 g/mol. The van der Waals surface area contributed by atoms with Crippen molar-refractivity contribution in [2.75, 3.05) is 13.2 Å². The molecular formula is C12H15BrN2O3. The number of nitrogens with one attached hydrogen (secondary N) is 1. The summed E-state index contributed by atoms with van der Waals surface area (Å²) in [6.07, 6.45) is 1.82. The van der Waals surface area contributed by atoms with Gasteiger partial charge in [0.05, 0.1) is 6.10 Å². The molecule has 1 saturated heterocycles.